The van der Waals surface area contributed by atoms with Crippen molar-refractivity contribution in [3.05, 3.63) is 53.1 Å². The first-order chi connectivity index (χ1) is 13.2. The standard InChI is InChI=1S/C21H26ClFN2O3/c1-21(2,3)28-20(27)25(12-6-7-13-26)14-17-15(10-11-24-19(17)22)16-8-4-5-9-18(16)23/h4-5,8-11,26H,6-7,12-14H2,1-3H3. The van der Waals surface area contributed by atoms with Gasteiger partial charge in [-0.05, 0) is 51.3 Å². The molecule has 0 saturated carbocycles. The number of nitrogens with zero attached hydrogens (tertiary/aromatic N) is 2. The van der Waals surface area contributed by atoms with E-state index in [1.807, 2.05) is 0 Å². The molecule has 0 aliphatic heterocycles. The van der Waals surface area contributed by atoms with Crippen molar-refractivity contribution in [2.75, 3.05) is 13.2 Å². The zero-order valence-electron chi connectivity index (χ0n) is 16.4. The summed E-state index contributed by atoms with van der Waals surface area (Å²) in [6.45, 7) is 5.90. The quantitative estimate of drug-likeness (QED) is 0.514. The van der Waals surface area contributed by atoms with E-state index < -0.39 is 11.7 Å². The van der Waals surface area contributed by atoms with Crippen LogP contribution in [-0.4, -0.2) is 39.8 Å². The van der Waals surface area contributed by atoms with E-state index in [-0.39, 0.29) is 24.1 Å². The summed E-state index contributed by atoms with van der Waals surface area (Å²) in [5.41, 5.74) is 0.860. The Morgan fingerprint density at radius 1 is 1.21 bits per heavy atom. The lowest BCUT2D eigenvalue weighted by molar-refractivity contribution is 0.0228. The zero-order valence-corrected chi connectivity index (χ0v) is 17.2. The summed E-state index contributed by atoms with van der Waals surface area (Å²) in [6.07, 6.45) is 2.17. The SMILES string of the molecule is CC(C)(C)OC(=O)N(CCCCO)Cc1c(-c2ccccc2F)ccnc1Cl. The largest absolute Gasteiger partial charge is 0.444 e. The second-order valence-corrected chi connectivity index (χ2v) is 7.80. The molecule has 0 saturated heterocycles. The third-order valence-electron chi connectivity index (χ3n) is 4.00. The molecule has 0 bridgehead atoms. The highest BCUT2D eigenvalue weighted by molar-refractivity contribution is 6.30. The van der Waals surface area contributed by atoms with Crippen LogP contribution >= 0.6 is 11.6 Å². The number of aliphatic hydroxyl groups excluding tert-OH is 1. The van der Waals surface area contributed by atoms with E-state index in [1.165, 1.54) is 17.2 Å². The lowest BCUT2D eigenvalue weighted by Gasteiger charge is -2.28. The van der Waals surface area contributed by atoms with Gasteiger partial charge < -0.3 is 14.7 Å². The van der Waals surface area contributed by atoms with Gasteiger partial charge in [-0.25, -0.2) is 14.2 Å². The van der Waals surface area contributed by atoms with Crippen molar-refractivity contribution < 1.29 is 19.0 Å². The lowest BCUT2D eigenvalue weighted by Crippen LogP contribution is -2.37. The van der Waals surface area contributed by atoms with Gasteiger partial charge in [-0.1, -0.05) is 29.8 Å². The number of amides is 1. The van der Waals surface area contributed by atoms with Crippen molar-refractivity contribution in [3.63, 3.8) is 0 Å². The number of carbonyl (C=O) groups excluding carboxylic acids is 1. The van der Waals surface area contributed by atoms with Gasteiger partial charge in [0, 0.05) is 30.5 Å². The first-order valence-corrected chi connectivity index (χ1v) is 9.58. The van der Waals surface area contributed by atoms with Crippen LogP contribution in [0.3, 0.4) is 0 Å². The monoisotopic (exact) mass is 408 g/mol. The minimum absolute atomic E-state index is 0.0380. The number of hydrogen-bond donors (Lipinski definition) is 1. The van der Waals surface area contributed by atoms with Crippen molar-refractivity contribution in [1.29, 1.82) is 0 Å². The van der Waals surface area contributed by atoms with Gasteiger partial charge in [-0.3, -0.25) is 0 Å². The number of aliphatic hydroxyl groups is 1. The fourth-order valence-electron chi connectivity index (χ4n) is 2.72. The molecule has 28 heavy (non-hydrogen) atoms. The van der Waals surface area contributed by atoms with Crippen LogP contribution in [0.25, 0.3) is 11.1 Å². The number of unbranched alkanes of at least 4 members (excludes halogenated alkanes) is 1. The minimum atomic E-state index is -0.653. The maximum absolute atomic E-state index is 14.4. The van der Waals surface area contributed by atoms with E-state index in [9.17, 15) is 9.18 Å². The van der Waals surface area contributed by atoms with E-state index >= 15 is 0 Å². The Balaban J connectivity index is 2.37. The number of rotatable bonds is 7. The van der Waals surface area contributed by atoms with Crippen LogP contribution in [0, 0.1) is 5.82 Å². The summed E-state index contributed by atoms with van der Waals surface area (Å²) in [5.74, 6) is -0.380. The average Bonchev–Trinajstić information content (AvgIpc) is 2.61. The molecule has 7 heteroatoms. The third kappa shape index (κ3) is 6.17. The van der Waals surface area contributed by atoms with Gasteiger partial charge in [0.05, 0.1) is 6.54 Å². The highest BCUT2D eigenvalue weighted by atomic mass is 35.5. The van der Waals surface area contributed by atoms with Crippen molar-refractivity contribution in [2.45, 2.75) is 45.8 Å². The molecule has 1 aromatic carbocycles. The predicted molar refractivity (Wildman–Crippen MR) is 108 cm³/mol. The molecule has 152 valence electrons. The first kappa shape index (κ1) is 22.1. The van der Waals surface area contributed by atoms with E-state index in [0.717, 1.165) is 0 Å². The molecule has 1 amide bonds. The average molecular weight is 409 g/mol. The summed E-state index contributed by atoms with van der Waals surface area (Å²) in [6, 6.07) is 8.07. The molecule has 0 aliphatic carbocycles. The fraction of sp³-hybridized carbons (Fsp3) is 0.429. The molecular weight excluding hydrogens is 383 g/mol. The van der Waals surface area contributed by atoms with Gasteiger partial charge in [0.25, 0.3) is 0 Å². The van der Waals surface area contributed by atoms with Crippen molar-refractivity contribution in [2.24, 2.45) is 0 Å². The van der Waals surface area contributed by atoms with Crippen LogP contribution in [0.1, 0.15) is 39.2 Å². The smallest absolute Gasteiger partial charge is 0.410 e. The molecule has 0 radical (unpaired) electrons. The summed E-state index contributed by atoms with van der Waals surface area (Å²) in [7, 11) is 0. The van der Waals surface area contributed by atoms with Gasteiger partial charge in [0.1, 0.15) is 16.6 Å². The van der Waals surface area contributed by atoms with Crippen LogP contribution in [0.15, 0.2) is 36.5 Å². The number of carbonyl (C=O) groups is 1. The minimum Gasteiger partial charge on any atom is -0.444 e. The molecule has 1 heterocycles. The second kappa shape index (κ2) is 9.85. The van der Waals surface area contributed by atoms with Gasteiger partial charge in [-0.15, -0.1) is 0 Å². The van der Waals surface area contributed by atoms with Crippen LogP contribution in [0.5, 0.6) is 0 Å². The Kier molecular flexibility index (Phi) is 7.78. The number of ether oxygens (including phenoxy) is 1. The topological polar surface area (TPSA) is 62.7 Å². The maximum atomic E-state index is 14.4. The zero-order chi connectivity index (χ0) is 20.7. The van der Waals surface area contributed by atoms with Gasteiger partial charge >= 0.3 is 6.09 Å². The Hall–Kier alpha value is -2.18. The summed E-state index contributed by atoms with van der Waals surface area (Å²) >= 11 is 6.32. The van der Waals surface area contributed by atoms with Gasteiger partial charge in [0.15, 0.2) is 0 Å². The molecule has 0 spiro atoms. The third-order valence-corrected chi connectivity index (χ3v) is 4.33. The number of halogens is 2. The number of pyridine rings is 1. The molecule has 1 N–H and O–H groups in total. The van der Waals surface area contributed by atoms with E-state index in [0.29, 0.717) is 36.1 Å². The summed E-state index contributed by atoms with van der Waals surface area (Å²) in [4.78, 5) is 18.3. The Labute approximate surface area is 170 Å². The highest BCUT2D eigenvalue weighted by Crippen LogP contribution is 2.31. The molecule has 0 aliphatic rings. The summed E-state index contributed by atoms with van der Waals surface area (Å²) in [5, 5.41) is 9.26. The molecular formula is C21H26ClFN2O3. The van der Waals surface area contributed by atoms with Crippen molar-refractivity contribution in [1.82, 2.24) is 9.88 Å². The fourth-order valence-corrected chi connectivity index (χ4v) is 2.93. The Morgan fingerprint density at radius 3 is 2.57 bits per heavy atom. The van der Waals surface area contributed by atoms with E-state index in [1.54, 1.807) is 45.0 Å². The first-order valence-electron chi connectivity index (χ1n) is 9.20. The predicted octanol–water partition coefficient (Wildman–Crippen LogP) is 5.05. The van der Waals surface area contributed by atoms with Crippen LogP contribution in [0.2, 0.25) is 5.15 Å². The van der Waals surface area contributed by atoms with Crippen molar-refractivity contribution in [3.8, 4) is 11.1 Å². The van der Waals surface area contributed by atoms with Crippen LogP contribution < -0.4 is 0 Å². The molecule has 2 rings (SSSR count). The molecule has 1 aromatic heterocycles. The molecule has 0 atom stereocenters. The number of aromatic nitrogens is 1. The van der Waals surface area contributed by atoms with E-state index in [4.69, 9.17) is 21.4 Å². The maximum Gasteiger partial charge on any atom is 0.410 e. The van der Waals surface area contributed by atoms with Crippen LogP contribution in [-0.2, 0) is 11.3 Å². The molecule has 0 fully saturated rings. The molecule has 2 aromatic rings. The molecule has 0 unspecified atom stereocenters. The Morgan fingerprint density at radius 2 is 1.93 bits per heavy atom. The van der Waals surface area contributed by atoms with Gasteiger partial charge in [-0.2, -0.15) is 0 Å². The normalized spacial score (nSPS) is 11.4. The lowest BCUT2D eigenvalue weighted by atomic mass is 10.0. The van der Waals surface area contributed by atoms with Crippen molar-refractivity contribution >= 4 is 17.7 Å². The number of hydrogen-bond acceptors (Lipinski definition) is 4. The van der Waals surface area contributed by atoms with E-state index in [2.05, 4.69) is 4.98 Å². The molecule has 5 nitrogen and oxygen atoms in total. The van der Waals surface area contributed by atoms with Crippen LogP contribution in [0.4, 0.5) is 9.18 Å². The second-order valence-electron chi connectivity index (χ2n) is 7.44. The highest BCUT2D eigenvalue weighted by Gasteiger charge is 2.24. The van der Waals surface area contributed by atoms with Gasteiger partial charge in [0.2, 0.25) is 0 Å². The Bertz CT molecular complexity index is 808. The number of benzene rings is 1. The summed E-state index contributed by atoms with van der Waals surface area (Å²) < 4.78 is 19.9.